The maximum absolute atomic E-state index is 11.3. The van der Waals surface area contributed by atoms with E-state index in [2.05, 4.69) is 4.90 Å². The third kappa shape index (κ3) is 4.01. The van der Waals surface area contributed by atoms with Crippen LogP contribution in [0.3, 0.4) is 0 Å². The van der Waals surface area contributed by atoms with Gasteiger partial charge in [0.25, 0.3) is 0 Å². The molecule has 6 heteroatoms. The zero-order valence-corrected chi connectivity index (χ0v) is 10.9. The van der Waals surface area contributed by atoms with Crippen molar-refractivity contribution in [3.05, 3.63) is 0 Å². The normalized spacial score (nSPS) is 26.1. The summed E-state index contributed by atoms with van der Waals surface area (Å²) in [6, 6.07) is 0.167. The van der Waals surface area contributed by atoms with E-state index in [9.17, 15) is 8.42 Å². The first-order valence-electron chi connectivity index (χ1n) is 5.62. The van der Waals surface area contributed by atoms with Gasteiger partial charge in [-0.15, -0.1) is 0 Å². The fourth-order valence-electron chi connectivity index (χ4n) is 1.99. The highest BCUT2D eigenvalue weighted by Gasteiger charge is 2.30. The maximum atomic E-state index is 11.3. The van der Waals surface area contributed by atoms with Crippen LogP contribution in [-0.4, -0.2) is 64.2 Å². The SMILES string of the molecule is COC(CN)CCN(C)C1CCS(=O)(=O)C1. The van der Waals surface area contributed by atoms with Crippen LogP contribution < -0.4 is 5.73 Å². The fraction of sp³-hybridized carbons (Fsp3) is 1.00. The Morgan fingerprint density at radius 3 is 2.69 bits per heavy atom. The van der Waals surface area contributed by atoms with E-state index in [1.807, 2.05) is 7.05 Å². The molecule has 96 valence electrons. The molecular weight excluding hydrogens is 228 g/mol. The number of ether oxygens (including phenoxy) is 1. The summed E-state index contributed by atoms with van der Waals surface area (Å²) < 4.78 is 27.8. The van der Waals surface area contributed by atoms with Crippen molar-refractivity contribution in [2.24, 2.45) is 5.73 Å². The lowest BCUT2D eigenvalue weighted by atomic mass is 10.2. The largest absolute Gasteiger partial charge is 0.380 e. The highest BCUT2D eigenvalue weighted by atomic mass is 32.2. The highest BCUT2D eigenvalue weighted by Crippen LogP contribution is 2.16. The minimum atomic E-state index is -2.79. The van der Waals surface area contributed by atoms with Crippen molar-refractivity contribution in [2.75, 3.05) is 38.8 Å². The van der Waals surface area contributed by atoms with E-state index < -0.39 is 9.84 Å². The van der Waals surface area contributed by atoms with Gasteiger partial charge in [-0.2, -0.15) is 0 Å². The Bertz CT molecular complexity index is 301. The van der Waals surface area contributed by atoms with Gasteiger partial charge in [0.2, 0.25) is 0 Å². The summed E-state index contributed by atoms with van der Waals surface area (Å²) in [4.78, 5) is 2.10. The summed E-state index contributed by atoms with van der Waals surface area (Å²) in [6.07, 6.45) is 1.67. The Morgan fingerprint density at radius 1 is 1.56 bits per heavy atom. The minimum absolute atomic E-state index is 0.0699. The van der Waals surface area contributed by atoms with Crippen molar-refractivity contribution in [1.29, 1.82) is 0 Å². The molecule has 1 heterocycles. The highest BCUT2D eigenvalue weighted by molar-refractivity contribution is 7.91. The second-order valence-electron chi connectivity index (χ2n) is 4.42. The van der Waals surface area contributed by atoms with Crippen LogP contribution in [0.15, 0.2) is 0 Å². The first-order valence-corrected chi connectivity index (χ1v) is 7.44. The lowest BCUT2D eigenvalue weighted by Crippen LogP contribution is -2.36. The molecule has 0 aromatic rings. The monoisotopic (exact) mass is 250 g/mol. The van der Waals surface area contributed by atoms with E-state index in [1.165, 1.54) is 0 Å². The van der Waals surface area contributed by atoms with Gasteiger partial charge in [0.15, 0.2) is 9.84 Å². The van der Waals surface area contributed by atoms with Gasteiger partial charge in [0, 0.05) is 26.2 Å². The third-order valence-electron chi connectivity index (χ3n) is 3.23. The molecule has 1 fully saturated rings. The molecule has 0 saturated carbocycles. The molecule has 1 saturated heterocycles. The molecule has 2 N–H and O–H groups in total. The van der Waals surface area contributed by atoms with E-state index in [-0.39, 0.29) is 12.1 Å². The minimum Gasteiger partial charge on any atom is -0.380 e. The topological polar surface area (TPSA) is 72.6 Å². The van der Waals surface area contributed by atoms with Crippen LogP contribution in [0.5, 0.6) is 0 Å². The standard InChI is InChI=1S/C10H22N2O3S/c1-12(5-3-10(7-11)15-2)9-4-6-16(13,14)8-9/h9-10H,3-8,11H2,1-2H3. The molecule has 0 spiro atoms. The molecule has 1 aliphatic rings. The molecule has 1 rings (SSSR count). The molecule has 0 radical (unpaired) electrons. The summed E-state index contributed by atoms with van der Waals surface area (Å²) in [6.45, 7) is 1.34. The van der Waals surface area contributed by atoms with E-state index in [1.54, 1.807) is 7.11 Å². The average molecular weight is 250 g/mol. The van der Waals surface area contributed by atoms with Crippen LogP contribution in [0.2, 0.25) is 0 Å². The van der Waals surface area contributed by atoms with Crippen molar-refractivity contribution in [1.82, 2.24) is 4.90 Å². The number of methoxy groups -OCH3 is 1. The number of sulfone groups is 1. The van der Waals surface area contributed by atoms with Gasteiger partial charge in [0.05, 0.1) is 17.6 Å². The predicted molar refractivity (Wildman–Crippen MR) is 64.2 cm³/mol. The second-order valence-corrected chi connectivity index (χ2v) is 6.65. The summed E-state index contributed by atoms with van der Waals surface area (Å²) in [5.74, 6) is 0.621. The Kier molecular flexibility index (Phi) is 5.17. The van der Waals surface area contributed by atoms with Gasteiger partial charge in [-0.05, 0) is 19.9 Å². The number of rotatable bonds is 6. The van der Waals surface area contributed by atoms with Crippen molar-refractivity contribution in [2.45, 2.75) is 25.0 Å². The molecule has 0 aromatic heterocycles. The summed E-state index contributed by atoms with van der Waals surface area (Å²) >= 11 is 0. The molecule has 0 aliphatic carbocycles. The maximum Gasteiger partial charge on any atom is 0.151 e. The number of nitrogens with zero attached hydrogens (tertiary/aromatic N) is 1. The van der Waals surface area contributed by atoms with Gasteiger partial charge < -0.3 is 15.4 Å². The van der Waals surface area contributed by atoms with Crippen LogP contribution in [0.1, 0.15) is 12.8 Å². The van der Waals surface area contributed by atoms with Crippen LogP contribution in [-0.2, 0) is 14.6 Å². The van der Waals surface area contributed by atoms with Crippen molar-refractivity contribution < 1.29 is 13.2 Å². The summed E-state index contributed by atoms with van der Waals surface area (Å²) in [5, 5.41) is 0. The fourth-order valence-corrected chi connectivity index (χ4v) is 3.79. The van der Waals surface area contributed by atoms with Crippen LogP contribution >= 0.6 is 0 Å². The van der Waals surface area contributed by atoms with Crippen molar-refractivity contribution in [3.8, 4) is 0 Å². The van der Waals surface area contributed by atoms with E-state index >= 15 is 0 Å². The first-order chi connectivity index (χ1) is 7.48. The van der Waals surface area contributed by atoms with Gasteiger partial charge in [-0.25, -0.2) is 8.42 Å². The van der Waals surface area contributed by atoms with Crippen molar-refractivity contribution >= 4 is 9.84 Å². The van der Waals surface area contributed by atoms with Gasteiger partial charge in [0.1, 0.15) is 0 Å². The number of nitrogens with two attached hydrogens (primary N) is 1. The molecular formula is C10H22N2O3S. The Balaban J connectivity index is 2.33. The molecule has 0 bridgehead atoms. The zero-order chi connectivity index (χ0) is 12.2. The molecule has 16 heavy (non-hydrogen) atoms. The summed E-state index contributed by atoms with van der Waals surface area (Å²) in [5.41, 5.74) is 5.53. The lowest BCUT2D eigenvalue weighted by Gasteiger charge is -2.24. The molecule has 2 atom stereocenters. The second kappa shape index (κ2) is 5.95. The zero-order valence-electron chi connectivity index (χ0n) is 10.1. The van der Waals surface area contributed by atoms with E-state index in [0.29, 0.717) is 18.1 Å². The Morgan fingerprint density at radius 2 is 2.25 bits per heavy atom. The molecule has 0 amide bonds. The summed E-state index contributed by atoms with van der Waals surface area (Å²) in [7, 11) is 0.830. The Hall–Kier alpha value is -0.170. The Labute approximate surface area is 97.9 Å². The molecule has 0 aromatic carbocycles. The molecule has 5 nitrogen and oxygen atoms in total. The van der Waals surface area contributed by atoms with Crippen molar-refractivity contribution in [3.63, 3.8) is 0 Å². The van der Waals surface area contributed by atoms with Gasteiger partial charge in [-0.1, -0.05) is 0 Å². The van der Waals surface area contributed by atoms with Crippen LogP contribution in [0.25, 0.3) is 0 Å². The lowest BCUT2D eigenvalue weighted by molar-refractivity contribution is 0.0886. The molecule has 1 aliphatic heterocycles. The predicted octanol–water partition coefficient (Wildman–Crippen LogP) is -0.531. The van der Waals surface area contributed by atoms with Crippen LogP contribution in [0, 0.1) is 0 Å². The van der Waals surface area contributed by atoms with E-state index in [0.717, 1.165) is 19.4 Å². The molecule has 2 unspecified atom stereocenters. The van der Waals surface area contributed by atoms with Gasteiger partial charge in [-0.3, -0.25) is 0 Å². The smallest absolute Gasteiger partial charge is 0.151 e. The third-order valence-corrected chi connectivity index (χ3v) is 4.98. The van der Waals surface area contributed by atoms with Crippen LogP contribution in [0.4, 0.5) is 0 Å². The number of hydrogen-bond acceptors (Lipinski definition) is 5. The average Bonchev–Trinajstić information content (AvgIpc) is 2.60. The number of hydrogen-bond donors (Lipinski definition) is 1. The first kappa shape index (κ1) is 13.9. The quantitative estimate of drug-likeness (QED) is 0.686. The van der Waals surface area contributed by atoms with Gasteiger partial charge >= 0.3 is 0 Å². The van der Waals surface area contributed by atoms with E-state index in [4.69, 9.17) is 10.5 Å².